The van der Waals surface area contributed by atoms with Crippen LogP contribution in [0.2, 0.25) is 0 Å². The second-order valence-corrected chi connectivity index (χ2v) is 6.45. The lowest BCUT2D eigenvalue weighted by atomic mass is 9.98. The summed E-state index contributed by atoms with van der Waals surface area (Å²) in [5.74, 6) is 0.184. The van der Waals surface area contributed by atoms with Crippen molar-refractivity contribution in [1.82, 2.24) is 19.7 Å². The summed E-state index contributed by atoms with van der Waals surface area (Å²) in [6, 6.07) is 12.9. The van der Waals surface area contributed by atoms with Crippen LogP contribution in [0.5, 0.6) is 0 Å². The number of aromatic nitrogens is 3. The average Bonchev–Trinajstić information content (AvgIpc) is 2.59. The third-order valence-corrected chi connectivity index (χ3v) is 4.55. The minimum Gasteiger partial charge on any atom is -0.336 e. The summed E-state index contributed by atoms with van der Waals surface area (Å²) in [7, 11) is 0. The highest BCUT2D eigenvalue weighted by atomic mass is 16.2. The summed E-state index contributed by atoms with van der Waals surface area (Å²) < 4.78 is 1.48. The van der Waals surface area contributed by atoms with Crippen molar-refractivity contribution in [3.8, 4) is 0 Å². The number of rotatable bonds is 3. The van der Waals surface area contributed by atoms with Gasteiger partial charge in [0.15, 0.2) is 0 Å². The zero-order chi connectivity index (χ0) is 17.4. The Labute approximate surface area is 144 Å². The van der Waals surface area contributed by atoms with Crippen LogP contribution in [-0.2, 0) is 6.54 Å². The van der Waals surface area contributed by atoms with E-state index in [2.05, 4.69) is 10.1 Å². The molecule has 3 aromatic rings. The number of benzene rings is 1. The van der Waals surface area contributed by atoms with Gasteiger partial charge in [-0.2, -0.15) is 5.10 Å². The highest BCUT2D eigenvalue weighted by Crippen LogP contribution is 2.23. The smallest absolute Gasteiger partial charge is 0.273 e. The van der Waals surface area contributed by atoms with Crippen molar-refractivity contribution in [3.63, 3.8) is 0 Å². The molecule has 1 saturated heterocycles. The van der Waals surface area contributed by atoms with E-state index in [4.69, 9.17) is 0 Å². The molecule has 0 atom stereocenters. The molecule has 1 aromatic carbocycles. The Morgan fingerprint density at radius 2 is 1.96 bits per heavy atom. The molecule has 3 heterocycles. The number of nitrogens with zero attached hydrogens (tertiary/aromatic N) is 4. The lowest BCUT2D eigenvalue weighted by Gasteiger charge is -2.39. The van der Waals surface area contributed by atoms with Crippen LogP contribution < -0.4 is 5.56 Å². The summed E-state index contributed by atoms with van der Waals surface area (Å²) in [4.78, 5) is 30.6. The summed E-state index contributed by atoms with van der Waals surface area (Å²) >= 11 is 0. The lowest BCUT2D eigenvalue weighted by Crippen LogP contribution is -2.52. The Morgan fingerprint density at radius 1 is 1.16 bits per heavy atom. The molecule has 0 spiro atoms. The van der Waals surface area contributed by atoms with Gasteiger partial charge in [0.1, 0.15) is 5.69 Å². The second-order valence-electron chi connectivity index (χ2n) is 6.45. The molecule has 0 aliphatic carbocycles. The first-order chi connectivity index (χ1) is 12.1. The minimum absolute atomic E-state index is 0.0578. The van der Waals surface area contributed by atoms with E-state index in [-0.39, 0.29) is 17.4 Å². The number of aryl methyl sites for hydroxylation is 1. The van der Waals surface area contributed by atoms with Gasteiger partial charge < -0.3 is 4.90 Å². The monoisotopic (exact) mass is 334 g/mol. The molecular formula is C19H18N4O2. The molecule has 126 valence electrons. The molecule has 0 N–H and O–H groups in total. The highest BCUT2D eigenvalue weighted by Gasteiger charge is 2.33. The van der Waals surface area contributed by atoms with Crippen molar-refractivity contribution in [2.24, 2.45) is 5.92 Å². The molecule has 0 unspecified atom stereocenters. The molecule has 4 rings (SSSR count). The SMILES string of the molecule is Cc1ccc(=O)n(CC2CN(C(=O)c3nccc4ccccc34)C2)n1. The maximum absolute atomic E-state index is 12.7. The number of hydrogen-bond donors (Lipinski definition) is 0. The van der Waals surface area contributed by atoms with Crippen LogP contribution in [0.25, 0.3) is 10.8 Å². The molecule has 1 aliphatic heterocycles. The van der Waals surface area contributed by atoms with Gasteiger partial charge in [-0.15, -0.1) is 0 Å². The zero-order valence-electron chi connectivity index (χ0n) is 13.9. The van der Waals surface area contributed by atoms with Crippen LogP contribution in [0.4, 0.5) is 0 Å². The van der Waals surface area contributed by atoms with Gasteiger partial charge >= 0.3 is 0 Å². The Kier molecular flexibility index (Phi) is 3.80. The van der Waals surface area contributed by atoms with Gasteiger partial charge in [-0.25, -0.2) is 4.68 Å². The van der Waals surface area contributed by atoms with E-state index in [1.54, 1.807) is 17.2 Å². The van der Waals surface area contributed by atoms with Crippen molar-refractivity contribution >= 4 is 16.7 Å². The van der Waals surface area contributed by atoms with E-state index in [0.29, 0.717) is 25.3 Å². The fourth-order valence-electron chi connectivity index (χ4n) is 3.22. The van der Waals surface area contributed by atoms with Gasteiger partial charge in [0.05, 0.1) is 12.2 Å². The van der Waals surface area contributed by atoms with E-state index in [0.717, 1.165) is 16.5 Å². The first-order valence-corrected chi connectivity index (χ1v) is 8.29. The van der Waals surface area contributed by atoms with E-state index in [9.17, 15) is 9.59 Å². The van der Waals surface area contributed by atoms with Crippen LogP contribution in [0, 0.1) is 12.8 Å². The third-order valence-electron chi connectivity index (χ3n) is 4.55. The molecule has 6 nitrogen and oxygen atoms in total. The van der Waals surface area contributed by atoms with Crippen molar-refractivity contribution in [2.75, 3.05) is 13.1 Å². The first-order valence-electron chi connectivity index (χ1n) is 8.29. The average molecular weight is 334 g/mol. The second kappa shape index (κ2) is 6.12. The fourth-order valence-corrected chi connectivity index (χ4v) is 3.22. The standard InChI is InChI=1S/C19H18N4O2/c1-13-6-7-17(24)23(21-13)12-14-10-22(11-14)19(25)18-16-5-3-2-4-15(16)8-9-20-18/h2-9,14H,10-12H2,1H3. The number of carbonyl (C=O) groups is 1. The molecule has 0 radical (unpaired) electrons. The van der Waals surface area contributed by atoms with E-state index < -0.39 is 0 Å². The molecule has 6 heteroatoms. The van der Waals surface area contributed by atoms with Gasteiger partial charge in [-0.1, -0.05) is 24.3 Å². The van der Waals surface area contributed by atoms with Crippen molar-refractivity contribution in [1.29, 1.82) is 0 Å². The number of fused-ring (bicyclic) bond motifs is 1. The van der Waals surface area contributed by atoms with Crippen LogP contribution in [0.3, 0.4) is 0 Å². The highest BCUT2D eigenvalue weighted by molar-refractivity contribution is 6.05. The molecule has 2 aromatic heterocycles. The Bertz CT molecular complexity index is 1000. The number of hydrogen-bond acceptors (Lipinski definition) is 4. The fraction of sp³-hybridized carbons (Fsp3) is 0.263. The molecular weight excluding hydrogens is 316 g/mol. The van der Waals surface area contributed by atoms with E-state index >= 15 is 0 Å². The van der Waals surface area contributed by atoms with Gasteiger partial charge in [0, 0.05) is 36.7 Å². The largest absolute Gasteiger partial charge is 0.336 e. The molecule has 1 fully saturated rings. The Balaban J connectivity index is 1.47. The summed E-state index contributed by atoms with van der Waals surface area (Å²) in [6.07, 6.45) is 1.67. The Hall–Kier alpha value is -3.02. The van der Waals surface area contributed by atoms with Gasteiger partial charge in [0.25, 0.3) is 11.5 Å². The van der Waals surface area contributed by atoms with Crippen LogP contribution >= 0.6 is 0 Å². The maximum atomic E-state index is 12.7. The van der Waals surface area contributed by atoms with Gasteiger partial charge in [0.2, 0.25) is 0 Å². The van der Waals surface area contributed by atoms with Crippen LogP contribution in [0.15, 0.2) is 53.5 Å². The first kappa shape index (κ1) is 15.5. The molecule has 0 bridgehead atoms. The molecule has 1 amide bonds. The normalized spacial score (nSPS) is 14.5. The van der Waals surface area contributed by atoms with Crippen LogP contribution in [-0.4, -0.2) is 38.7 Å². The molecule has 25 heavy (non-hydrogen) atoms. The minimum atomic E-state index is -0.105. The number of carbonyl (C=O) groups excluding carboxylic acids is 1. The Morgan fingerprint density at radius 3 is 2.80 bits per heavy atom. The topological polar surface area (TPSA) is 68.1 Å². The zero-order valence-corrected chi connectivity index (χ0v) is 13.9. The quantitative estimate of drug-likeness (QED) is 0.733. The van der Waals surface area contributed by atoms with Crippen molar-refractivity contribution < 1.29 is 4.79 Å². The van der Waals surface area contributed by atoms with E-state index in [1.807, 2.05) is 37.3 Å². The molecule has 0 saturated carbocycles. The lowest BCUT2D eigenvalue weighted by molar-refractivity contribution is 0.0454. The summed E-state index contributed by atoms with van der Waals surface area (Å²) in [5, 5.41) is 6.13. The predicted molar refractivity (Wildman–Crippen MR) is 94.4 cm³/mol. The predicted octanol–water partition coefficient (Wildman–Crippen LogP) is 1.87. The number of likely N-dealkylation sites (tertiary alicyclic amines) is 1. The summed E-state index contributed by atoms with van der Waals surface area (Å²) in [6.45, 7) is 3.63. The van der Waals surface area contributed by atoms with Gasteiger partial charge in [-0.3, -0.25) is 14.6 Å². The third kappa shape index (κ3) is 2.91. The number of amides is 1. The van der Waals surface area contributed by atoms with Crippen molar-refractivity contribution in [2.45, 2.75) is 13.5 Å². The van der Waals surface area contributed by atoms with Gasteiger partial charge in [-0.05, 0) is 24.4 Å². The van der Waals surface area contributed by atoms with E-state index in [1.165, 1.54) is 10.7 Å². The maximum Gasteiger partial charge on any atom is 0.273 e. The van der Waals surface area contributed by atoms with Crippen molar-refractivity contribution in [3.05, 3.63) is 70.4 Å². The van der Waals surface area contributed by atoms with Crippen LogP contribution in [0.1, 0.15) is 16.2 Å². The molecule has 1 aliphatic rings. The summed E-state index contributed by atoms with van der Waals surface area (Å²) in [5.41, 5.74) is 1.19. The number of pyridine rings is 1.